The maximum Gasteiger partial charge on any atom is 0.331 e. The van der Waals surface area contributed by atoms with Crippen molar-refractivity contribution in [3.63, 3.8) is 0 Å². The van der Waals surface area contributed by atoms with Gasteiger partial charge in [-0.15, -0.1) is 0 Å². The molecule has 0 aromatic heterocycles. The van der Waals surface area contributed by atoms with Gasteiger partial charge in [-0.3, -0.25) is 10.1 Å². The van der Waals surface area contributed by atoms with Crippen LogP contribution < -0.4 is 20.5 Å². The van der Waals surface area contributed by atoms with Crippen molar-refractivity contribution in [2.24, 2.45) is 5.73 Å². The van der Waals surface area contributed by atoms with Crippen LogP contribution in [-0.4, -0.2) is 31.3 Å². The van der Waals surface area contributed by atoms with E-state index in [1.165, 1.54) is 6.08 Å². The molecule has 2 rings (SSSR count). The van der Waals surface area contributed by atoms with Gasteiger partial charge in [-0.2, -0.15) is 0 Å². The molecular weight excluding hydrogens is 280 g/mol. The molecule has 1 aliphatic rings. The number of hydrogen-bond acceptors (Lipinski definition) is 6. The fourth-order valence-corrected chi connectivity index (χ4v) is 1.54. The number of imide groups is 1. The predicted molar refractivity (Wildman–Crippen MR) is 70.3 cm³/mol. The van der Waals surface area contributed by atoms with E-state index < -0.39 is 24.5 Å². The molecule has 21 heavy (non-hydrogen) atoms. The third-order valence-electron chi connectivity index (χ3n) is 2.42. The standard InChI is InChI=1S/C13H12N2O6/c14-13(18)15-11(16)6-19-12(17)4-2-8-1-3-9-10(5-8)21-7-20-9/h1-5H,6-7H2,(H3,14,15,16,18). The summed E-state index contributed by atoms with van der Waals surface area (Å²) in [7, 11) is 0. The third kappa shape index (κ3) is 4.23. The van der Waals surface area contributed by atoms with Gasteiger partial charge in [0, 0.05) is 6.08 Å². The number of amides is 3. The normalized spacial score (nSPS) is 12.2. The van der Waals surface area contributed by atoms with E-state index >= 15 is 0 Å². The van der Waals surface area contributed by atoms with Gasteiger partial charge in [0.15, 0.2) is 18.1 Å². The number of nitrogens with two attached hydrogens (primary N) is 1. The molecule has 8 nitrogen and oxygen atoms in total. The molecule has 0 radical (unpaired) electrons. The lowest BCUT2D eigenvalue weighted by molar-refractivity contribution is -0.143. The van der Waals surface area contributed by atoms with Crippen molar-refractivity contribution < 1.29 is 28.6 Å². The molecule has 1 aromatic carbocycles. The first-order chi connectivity index (χ1) is 10.0. The Balaban J connectivity index is 1.85. The van der Waals surface area contributed by atoms with Crippen LogP contribution in [0.4, 0.5) is 4.79 Å². The second-order valence-corrected chi connectivity index (χ2v) is 3.97. The second-order valence-electron chi connectivity index (χ2n) is 3.97. The summed E-state index contributed by atoms with van der Waals surface area (Å²) in [4.78, 5) is 32.8. The third-order valence-corrected chi connectivity index (χ3v) is 2.42. The van der Waals surface area contributed by atoms with Gasteiger partial charge in [-0.1, -0.05) is 6.07 Å². The first-order valence-corrected chi connectivity index (χ1v) is 5.88. The Hall–Kier alpha value is -3.03. The number of fused-ring (bicyclic) bond motifs is 1. The van der Waals surface area contributed by atoms with Gasteiger partial charge in [-0.25, -0.2) is 9.59 Å². The van der Waals surface area contributed by atoms with Gasteiger partial charge < -0.3 is 19.9 Å². The van der Waals surface area contributed by atoms with Crippen LogP contribution in [0.5, 0.6) is 11.5 Å². The van der Waals surface area contributed by atoms with Crippen molar-refractivity contribution in [3.05, 3.63) is 29.8 Å². The molecular formula is C13H12N2O6. The van der Waals surface area contributed by atoms with Crippen molar-refractivity contribution in [1.82, 2.24) is 5.32 Å². The van der Waals surface area contributed by atoms with E-state index in [0.717, 1.165) is 6.08 Å². The lowest BCUT2D eigenvalue weighted by atomic mass is 10.2. The average molecular weight is 292 g/mol. The summed E-state index contributed by atoms with van der Waals surface area (Å²) in [6, 6.07) is 4.14. The van der Waals surface area contributed by atoms with Crippen molar-refractivity contribution in [1.29, 1.82) is 0 Å². The first kappa shape index (κ1) is 14.4. The van der Waals surface area contributed by atoms with E-state index in [4.69, 9.17) is 15.2 Å². The highest BCUT2D eigenvalue weighted by molar-refractivity contribution is 5.95. The maximum atomic E-state index is 11.4. The monoisotopic (exact) mass is 292 g/mol. The fourth-order valence-electron chi connectivity index (χ4n) is 1.54. The molecule has 1 aromatic rings. The van der Waals surface area contributed by atoms with Crippen LogP contribution in [0.3, 0.4) is 0 Å². The minimum atomic E-state index is -1.01. The predicted octanol–water partition coefficient (Wildman–Crippen LogP) is 0.167. The maximum absolute atomic E-state index is 11.4. The fraction of sp³-hybridized carbons (Fsp3) is 0.154. The lowest BCUT2D eigenvalue weighted by Gasteiger charge is -2.01. The average Bonchev–Trinajstić information content (AvgIpc) is 2.89. The molecule has 0 aliphatic carbocycles. The molecule has 1 aliphatic heterocycles. The van der Waals surface area contributed by atoms with E-state index in [-0.39, 0.29) is 6.79 Å². The molecule has 3 N–H and O–H groups in total. The van der Waals surface area contributed by atoms with Crippen molar-refractivity contribution in [3.8, 4) is 11.5 Å². The summed E-state index contributed by atoms with van der Waals surface area (Å²) >= 11 is 0. The van der Waals surface area contributed by atoms with Gasteiger partial charge in [0.2, 0.25) is 6.79 Å². The Morgan fingerprint density at radius 2 is 2.05 bits per heavy atom. The molecule has 0 bridgehead atoms. The van der Waals surface area contributed by atoms with Crippen LogP contribution in [0.15, 0.2) is 24.3 Å². The molecule has 1 heterocycles. The Kier molecular flexibility index (Phi) is 4.39. The molecule has 0 unspecified atom stereocenters. The number of urea groups is 1. The molecule has 8 heteroatoms. The Labute approximate surface area is 119 Å². The van der Waals surface area contributed by atoms with Gasteiger partial charge in [-0.05, 0) is 23.8 Å². The molecule has 0 saturated carbocycles. The minimum Gasteiger partial charge on any atom is -0.454 e. The number of rotatable bonds is 4. The Morgan fingerprint density at radius 3 is 2.81 bits per heavy atom. The van der Waals surface area contributed by atoms with E-state index in [9.17, 15) is 14.4 Å². The summed E-state index contributed by atoms with van der Waals surface area (Å²) in [5.41, 5.74) is 5.44. The van der Waals surface area contributed by atoms with Gasteiger partial charge in [0.1, 0.15) is 0 Å². The highest BCUT2D eigenvalue weighted by atomic mass is 16.7. The van der Waals surface area contributed by atoms with Crippen LogP contribution in [0.1, 0.15) is 5.56 Å². The van der Waals surface area contributed by atoms with Gasteiger partial charge >= 0.3 is 12.0 Å². The van der Waals surface area contributed by atoms with Crippen LogP contribution in [-0.2, 0) is 14.3 Å². The Bertz CT molecular complexity index is 611. The van der Waals surface area contributed by atoms with Crippen LogP contribution in [0.25, 0.3) is 6.08 Å². The minimum absolute atomic E-state index is 0.166. The smallest absolute Gasteiger partial charge is 0.331 e. The van der Waals surface area contributed by atoms with Crippen molar-refractivity contribution >= 4 is 24.0 Å². The first-order valence-electron chi connectivity index (χ1n) is 5.88. The van der Waals surface area contributed by atoms with Crippen LogP contribution in [0.2, 0.25) is 0 Å². The van der Waals surface area contributed by atoms with E-state index in [1.54, 1.807) is 23.5 Å². The van der Waals surface area contributed by atoms with Crippen LogP contribution in [0, 0.1) is 0 Å². The number of carbonyl (C=O) groups is 3. The zero-order valence-corrected chi connectivity index (χ0v) is 10.8. The number of ether oxygens (including phenoxy) is 3. The largest absolute Gasteiger partial charge is 0.454 e. The van der Waals surface area contributed by atoms with Crippen molar-refractivity contribution in [2.45, 2.75) is 0 Å². The van der Waals surface area contributed by atoms with Crippen molar-refractivity contribution in [2.75, 3.05) is 13.4 Å². The van der Waals surface area contributed by atoms with Crippen LogP contribution >= 0.6 is 0 Å². The number of nitrogens with one attached hydrogen (secondary N) is 1. The number of carbonyl (C=O) groups excluding carboxylic acids is 3. The molecule has 0 fully saturated rings. The number of primary amides is 1. The van der Waals surface area contributed by atoms with Gasteiger partial charge in [0.05, 0.1) is 0 Å². The van der Waals surface area contributed by atoms with Gasteiger partial charge in [0.25, 0.3) is 5.91 Å². The van der Waals surface area contributed by atoms with E-state index in [1.807, 2.05) is 0 Å². The summed E-state index contributed by atoms with van der Waals surface area (Å²) in [5.74, 6) is -0.302. The van der Waals surface area contributed by atoms with E-state index in [2.05, 4.69) is 4.74 Å². The number of hydrogen-bond donors (Lipinski definition) is 2. The quantitative estimate of drug-likeness (QED) is 0.603. The lowest BCUT2D eigenvalue weighted by Crippen LogP contribution is -2.37. The zero-order chi connectivity index (χ0) is 15.2. The SMILES string of the molecule is NC(=O)NC(=O)COC(=O)C=Cc1ccc2c(c1)OCO2. The second kappa shape index (κ2) is 6.42. The Morgan fingerprint density at radius 1 is 1.29 bits per heavy atom. The molecule has 3 amide bonds. The zero-order valence-electron chi connectivity index (χ0n) is 10.8. The summed E-state index contributed by atoms with van der Waals surface area (Å²) < 4.78 is 15.0. The molecule has 0 spiro atoms. The molecule has 0 atom stereocenters. The summed E-state index contributed by atoms with van der Waals surface area (Å²) in [5, 5.41) is 1.77. The highest BCUT2D eigenvalue weighted by Gasteiger charge is 2.12. The summed E-state index contributed by atoms with van der Waals surface area (Å²) in [6.07, 6.45) is 2.64. The number of benzene rings is 1. The molecule has 0 saturated heterocycles. The van der Waals surface area contributed by atoms with E-state index in [0.29, 0.717) is 17.1 Å². The topological polar surface area (TPSA) is 117 Å². The highest BCUT2D eigenvalue weighted by Crippen LogP contribution is 2.32. The number of esters is 1. The molecule has 110 valence electrons. The summed E-state index contributed by atoms with van der Waals surface area (Å²) in [6.45, 7) is -0.424.